The van der Waals surface area contributed by atoms with Gasteiger partial charge in [-0.15, -0.1) is 0 Å². The second kappa shape index (κ2) is 7.24. The van der Waals surface area contributed by atoms with Gasteiger partial charge >= 0.3 is 0 Å². The van der Waals surface area contributed by atoms with Crippen molar-refractivity contribution in [2.75, 3.05) is 20.1 Å². The van der Waals surface area contributed by atoms with Gasteiger partial charge in [0, 0.05) is 19.1 Å². The maximum Gasteiger partial charge on any atom is 0.0236 e. The summed E-state index contributed by atoms with van der Waals surface area (Å²) in [5.41, 5.74) is 2.89. The van der Waals surface area contributed by atoms with Crippen LogP contribution >= 0.6 is 0 Å². The summed E-state index contributed by atoms with van der Waals surface area (Å²) in [6, 6.07) is 10.0. The molecule has 0 saturated carbocycles. The molecule has 1 aromatic carbocycles. The van der Waals surface area contributed by atoms with Crippen molar-refractivity contribution in [2.45, 2.75) is 52.1 Å². The van der Waals surface area contributed by atoms with Crippen molar-refractivity contribution < 1.29 is 0 Å². The highest BCUT2D eigenvalue weighted by molar-refractivity contribution is 5.25. The molecule has 0 bridgehead atoms. The predicted octanol–water partition coefficient (Wildman–Crippen LogP) is 3.63. The highest BCUT2D eigenvalue weighted by Crippen LogP contribution is 2.26. The van der Waals surface area contributed by atoms with Crippen LogP contribution in [0, 0.1) is 5.92 Å². The standard InChI is InChI=1S/C18H30N2/c1-14(2)18-6-5-11-20(18)13-16-7-9-17(10-8-16)15(3)12-19-4/h7-10,14-15,18-19H,5-6,11-13H2,1-4H3. The molecule has 0 aromatic heterocycles. The fourth-order valence-corrected chi connectivity index (χ4v) is 3.41. The smallest absolute Gasteiger partial charge is 0.0236 e. The molecule has 1 aliphatic rings. The zero-order valence-electron chi connectivity index (χ0n) is 13.5. The van der Waals surface area contributed by atoms with Gasteiger partial charge in [0.15, 0.2) is 0 Å². The van der Waals surface area contributed by atoms with Crippen molar-refractivity contribution in [1.82, 2.24) is 10.2 Å². The fourth-order valence-electron chi connectivity index (χ4n) is 3.41. The average Bonchev–Trinajstić information content (AvgIpc) is 2.88. The van der Waals surface area contributed by atoms with Gasteiger partial charge < -0.3 is 5.32 Å². The zero-order valence-corrected chi connectivity index (χ0v) is 13.5. The number of hydrogen-bond donors (Lipinski definition) is 1. The van der Waals surface area contributed by atoms with Gasteiger partial charge in [-0.2, -0.15) is 0 Å². The van der Waals surface area contributed by atoms with Gasteiger partial charge in [-0.05, 0) is 49.4 Å². The first-order chi connectivity index (χ1) is 9.61. The molecule has 1 saturated heterocycles. The summed E-state index contributed by atoms with van der Waals surface area (Å²) in [5.74, 6) is 1.36. The van der Waals surface area contributed by atoms with E-state index in [-0.39, 0.29) is 0 Å². The Hall–Kier alpha value is -0.860. The van der Waals surface area contributed by atoms with E-state index in [1.54, 1.807) is 0 Å². The summed E-state index contributed by atoms with van der Waals surface area (Å²) in [6.07, 6.45) is 2.73. The number of nitrogens with one attached hydrogen (secondary N) is 1. The number of likely N-dealkylation sites (tertiary alicyclic amines) is 1. The molecule has 2 atom stereocenters. The van der Waals surface area contributed by atoms with Gasteiger partial charge in [0.2, 0.25) is 0 Å². The maximum absolute atomic E-state index is 3.25. The van der Waals surface area contributed by atoms with Crippen molar-refractivity contribution in [3.05, 3.63) is 35.4 Å². The number of benzene rings is 1. The van der Waals surface area contributed by atoms with Crippen molar-refractivity contribution in [3.63, 3.8) is 0 Å². The second-order valence-electron chi connectivity index (χ2n) is 6.62. The number of rotatable bonds is 6. The minimum atomic E-state index is 0.587. The summed E-state index contributed by atoms with van der Waals surface area (Å²) in [7, 11) is 2.02. The average molecular weight is 274 g/mol. The Kier molecular flexibility index (Phi) is 5.62. The van der Waals surface area contributed by atoms with Crippen LogP contribution in [0.2, 0.25) is 0 Å². The molecule has 1 heterocycles. The second-order valence-corrected chi connectivity index (χ2v) is 6.62. The maximum atomic E-state index is 3.25. The van der Waals surface area contributed by atoms with Crippen LogP contribution in [0.4, 0.5) is 0 Å². The molecule has 1 aromatic rings. The van der Waals surface area contributed by atoms with Crippen molar-refractivity contribution in [1.29, 1.82) is 0 Å². The summed E-state index contributed by atoms with van der Waals surface area (Å²) in [4.78, 5) is 2.66. The van der Waals surface area contributed by atoms with E-state index >= 15 is 0 Å². The Bertz CT molecular complexity index is 396. The molecule has 1 aliphatic heterocycles. The molecule has 112 valence electrons. The van der Waals surface area contributed by atoms with Crippen LogP contribution in [0.1, 0.15) is 50.7 Å². The van der Waals surface area contributed by atoms with E-state index < -0.39 is 0 Å². The van der Waals surface area contributed by atoms with Crippen molar-refractivity contribution in [3.8, 4) is 0 Å². The Morgan fingerprint density at radius 1 is 1.20 bits per heavy atom. The first-order valence-electron chi connectivity index (χ1n) is 8.09. The van der Waals surface area contributed by atoms with Gasteiger partial charge in [-0.25, -0.2) is 0 Å². The van der Waals surface area contributed by atoms with Gasteiger partial charge in [-0.3, -0.25) is 4.90 Å². The molecule has 2 unspecified atom stereocenters. The Balaban J connectivity index is 1.96. The third-order valence-electron chi connectivity index (χ3n) is 4.63. The first kappa shape index (κ1) is 15.5. The fraction of sp³-hybridized carbons (Fsp3) is 0.667. The quantitative estimate of drug-likeness (QED) is 0.852. The van der Waals surface area contributed by atoms with Gasteiger partial charge in [-0.1, -0.05) is 45.0 Å². The Labute approximate surface area is 124 Å². The van der Waals surface area contributed by atoms with E-state index in [9.17, 15) is 0 Å². The van der Waals surface area contributed by atoms with Crippen LogP contribution in [-0.2, 0) is 6.54 Å². The summed E-state index contributed by atoms with van der Waals surface area (Å²) < 4.78 is 0. The lowest BCUT2D eigenvalue weighted by Gasteiger charge is -2.27. The van der Waals surface area contributed by atoms with Gasteiger partial charge in [0.25, 0.3) is 0 Å². The molecule has 0 amide bonds. The predicted molar refractivity (Wildman–Crippen MR) is 87.1 cm³/mol. The molecule has 1 fully saturated rings. The molecule has 0 radical (unpaired) electrons. The third kappa shape index (κ3) is 3.83. The summed E-state index contributed by atoms with van der Waals surface area (Å²) in [5, 5.41) is 3.25. The van der Waals surface area contributed by atoms with E-state index in [0.29, 0.717) is 5.92 Å². The van der Waals surface area contributed by atoms with Crippen LogP contribution in [0.5, 0.6) is 0 Å². The van der Waals surface area contributed by atoms with Crippen LogP contribution in [0.25, 0.3) is 0 Å². The number of likely N-dealkylation sites (N-methyl/N-ethyl adjacent to an activating group) is 1. The van der Waals surface area contributed by atoms with E-state index in [1.165, 1.54) is 30.5 Å². The lowest BCUT2D eigenvalue weighted by Crippen LogP contribution is -2.32. The molecular formula is C18H30N2. The van der Waals surface area contributed by atoms with E-state index in [1.807, 2.05) is 7.05 Å². The zero-order chi connectivity index (χ0) is 14.5. The molecule has 2 rings (SSSR count). The van der Waals surface area contributed by atoms with Crippen LogP contribution in [-0.4, -0.2) is 31.1 Å². The largest absolute Gasteiger partial charge is 0.319 e. The molecular weight excluding hydrogens is 244 g/mol. The minimum absolute atomic E-state index is 0.587. The summed E-state index contributed by atoms with van der Waals surface area (Å²) >= 11 is 0. The van der Waals surface area contributed by atoms with Crippen LogP contribution in [0.3, 0.4) is 0 Å². The molecule has 2 heteroatoms. The third-order valence-corrected chi connectivity index (χ3v) is 4.63. The van der Waals surface area contributed by atoms with Crippen molar-refractivity contribution in [2.24, 2.45) is 5.92 Å². The SMILES string of the molecule is CNCC(C)c1ccc(CN2CCCC2C(C)C)cc1. The van der Waals surface area contributed by atoms with E-state index in [0.717, 1.165) is 25.0 Å². The molecule has 0 spiro atoms. The highest BCUT2D eigenvalue weighted by Gasteiger charge is 2.26. The molecule has 2 nitrogen and oxygen atoms in total. The molecule has 1 N–H and O–H groups in total. The normalized spacial score (nSPS) is 21.6. The lowest BCUT2D eigenvalue weighted by atomic mass is 9.99. The topological polar surface area (TPSA) is 15.3 Å². The minimum Gasteiger partial charge on any atom is -0.319 e. The Morgan fingerprint density at radius 3 is 2.50 bits per heavy atom. The lowest BCUT2D eigenvalue weighted by molar-refractivity contribution is 0.199. The first-order valence-corrected chi connectivity index (χ1v) is 8.09. The molecule has 0 aliphatic carbocycles. The van der Waals surface area contributed by atoms with Crippen molar-refractivity contribution >= 4 is 0 Å². The molecule has 20 heavy (non-hydrogen) atoms. The van der Waals surface area contributed by atoms with E-state index in [2.05, 4.69) is 55.3 Å². The summed E-state index contributed by atoms with van der Waals surface area (Å²) in [6.45, 7) is 10.4. The van der Waals surface area contributed by atoms with Crippen LogP contribution < -0.4 is 5.32 Å². The number of hydrogen-bond acceptors (Lipinski definition) is 2. The highest BCUT2D eigenvalue weighted by atomic mass is 15.2. The number of nitrogens with zero attached hydrogens (tertiary/aromatic N) is 1. The van der Waals surface area contributed by atoms with E-state index in [4.69, 9.17) is 0 Å². The van der Waals surface area contributed by atoms with Gasteiger partial charge in [0.1, 0.15) is 0 Å². The Morgan fingerprint density at radius 2 is 1.90 bits per heavy atom. The van der Waals surface area contributed by atoms with Crippen LogP contribution in [0.15, 0.2) is 24.3 Å². The van der Waals surface area contributed by atoms with Gasteiger partial charge in [0.05, 0.1) is 0 Å². The monoisotopic (exact) mass is 274 g/mol.